The summed E-state index contributed by atoms with van der Waals surface area (Å²) in [4.78, 5) is 2.69. The van der Waals surface area contributed by atoms with Crippen LogP contribution in [0, 0.1) is 11.3 Å². The minimum Gasteiger partial charge on any atom is -0.316 e. The van der Waals surface area contributed by atoms with Crippen molar-refractivity contribution in [2.75, 3.05) is 32.7 Å². The van der Waals surface area contributed by atoms with E-state index in [-0.39, 0.29) is 0 Å². The molecule has 0 bridgehead atoms. The molecule has 0 spiro atoms. The summed E-state index contributed by atoms with van der Waals surface area (Å²) in [6, 6.07) is 0. The average molecular weight is 210 g/mol. The summed E-state index contributed by atoms with van der Waals surface area (Å²) < 4.78 is 0. The number of nitrogens with zero attached hydrogens (tertiary/aromatic N) is 1. The summed E-state index contributed by atoms with van der Waals surface area (Å²) >= 11 is 0. The zero-order valence-corrected chi connectivity index (χ0v) is 10.4. The van der Waals surface area contributed by atoms with Crippen LogP contribution in [0.5, 0.6) is 0 Å². The first-order valence-electron chi connectivity index (χ1n) is 6.65. The molecule has 1 atom stereocenters. The fraction of sp³-hybridized carbons (Fsp3) is 1.00. The molecule has 1 N–H and O–H groups in total. The van der Waals surface area contributed by atoms with E-state index in [0.29, 0.717) is 5.41 Å². The molecule has 0 aromatic rings. The number of likely N-dealkylation sites (tertiary alicyclic amines) is 1. The van der Waals surface area contributed by atoms with Gasteiger partial charge in [0.2, 0.25) is 0 Å². The average Bonchev–Trinajstić information content (AvgIpc) is 2.75. The van der Waals surface area contributed by atoms with E-state index in [9.17, 15) is 0 Å². The van der Waals surface area contributed by atoms with E-state index in [1.54, 1.807) is 0 Å². The van der Waals surface area contributed by atoms with E-state index in [0.717, 1.165) is 5.92 Å². The Hall–Kier alpha value is -0.0800. The van der Waals surface area contributed by atoms with Crippen molar-refractivity contribution in [1.82, 2.24) is 10.2 Å². The van der Waals surface area contributed by atoms with Gasteiger partial charge in [-0.2, -0.15) is 0 Å². The van der Waals surface area contributed by atoms with E-state index in [1.807, 2.05) is 0 Å². The van der Waals surface area contributed by atoms with Crippen LogP contribution < -0.4 is 5.32 Å². The van der Waals surface area contributed by atoms with Gasteiger partial charge in [0.15, 0.2) is 0 Å². The number of rotatable bonds is 3. The zero-order valence-electron chi connectivity index (χ0n) is 10.4. The molecule has 88 valence electrons. The second-order valence-electron chi connectivity index (χ2n) is 5.82. The van der Waals surface area contributed by atoms with Crippen LogP contribution in [0.1, 0.15) is 39.5 Å². The van der Waals surface area contributed by atoms with E-state index in [2.05, 4.69) is 24.1 Å². The molecule has 2 nitrogen and oxygen atoms in total. The quantitative estimate of drug-likeness (QED) is 0.767. The predicted molar refractivity (Wildman–Crippen MR) is 65.0 cm³/mol. The van der Waals surface area contributed by atoms with Crippen LogP contribution in [0.3, 0.4) is 0 Å². The molecule has 2 aliphatic heterocycles. The normalized spacial score (nSPS) is 32.0. The molecular weight excluding hydrogens is 184 g/mol. The Morgan fingerprint density at radius 2 is 2.07 bits per heavy atom. The third-order valence-electron chi connectivity index (χ3n) is 4.60. The summed E-state index contributed by atoms with van der Waals surface area (Å²) in [5.74, 6) is 0.927. The lowest BCUT2D eigenvalue weighted by atomic mass is 9.78. The first-order valence-corrected chi connectivity index (χ1v) is 6.65. The zero-order chi connectivity index (χ0) is 10.7. The monoisotopic (exact) mass is 210 g/mol. The van der Waals surface area contributed by atoms with Crippen molar-refractivity contribution in [3.05, 3.63) is 0 Å². The van der Waals surface area contributed by atoms with Gasteiger partial charge in [0, 0.05) is 6.54 Å². The molecule has 2 heteroatoms. The van der Waals surface area contributed by atoms with Crippen LogP contribution in [-0.2, 0) is 0 Å². The summed E-state index contributed by atoms with van der Waals surface area (Å²) in [5, 5.41) is 3.46. The minimum atomic E-state index is 0.643. The number of nitrogens with one attached hydrogen (secondary N) is 1. The Morgan fingerprint density at radius 3 is 2.60 bits per heavy atom. The molecule has 0 amide bonds. The van der Waals surface area contributed by atoms with Gasteiger partial charge in [-0.05, 0) is 56.8 Å². The molecule has 0 aromatic carbocycles. The Balaban J connectivity index is 1.73. The van der Waals surface area contributed by atoms with Gasteiger partial charge in [-0.25, -0.2) is 0 Å². The summed E-state index contributed by atoms with van der Waals surface area (Å²) in [6.07, 6.45) is 5.56. The maximum absolute atomic E-state index is 3.46. The van der Waals surface area contributed by atoms with Crippen molar-refractivity contribution >= 4 is 0 Å². The van der Waals surface area contributed by atoms with Gasteiger partial charge < -0.3 is 10.2 Å². The van der Waals surface area contributed by atoms with Crippen LogP contribution in [-0.4, -0.2) is 37.6 Å². The van der Waals surface area contributed by atoms with E-state index in [1.165, 1.54) is 58.4 Å². The maximum atomic E-state index is 3.46. The molecule has 2 saturated heterocycles. The van der Waals surface area contributed by atoms with E-state index in [4.69, 9.17) is 0 Å². The first kappa shape index (κ1) is 11.4. The highest BCUT2D eigenvalue weighted by Gasteiger charge is 2.29. The third-order valence-corrected chi connectivity index (χ3v) is 4.60. The molecule has 0 saturated carbocycles. The largest absolute Gasteiger partial charge is 0.316 e. The lowest BCUT2D eigenvalue weighted by Gasteiger charge is -2.39. The van der Waals surface area contributed by atoms with Crippen LogP contribution in [0.4, 0.5) is 0 Å². The standard InChI is InChI=1S/C13H26N2/c1-3-13(2)5-8-15(9-6-13)11-12-4-7-14-10-12/h12,14H,3-11H2,1-2H3/t12-/m1/s1. The predicted octanol–water partition coefficient (Wildman–Crippen LogP) is 2.11. The van der Waals surface area contributed by atoms with Gasteiger partial charge in [-0.3, -0.25) is 0 Å². The van der Waals surface area contributed by atoms with Crippen LogP contribution in [0.15, 0.2) is 0 Å². The smallest absolute Gasteiger partial charge is 0.00223 e. The molecule has 2 rings (SSSR count). The van der Waals surface area contributed by atoms with Gasteiger partial charge in [-0.1, -0.05) is 20.3 Å². The number of piperidine rings is 1. The molecular formula is C13H26N2. The Labute approximate surface area is 94.4 Å². The van der Waals surface area contributed by atoms with Gasteiger partial charge >= 0.3 is 0 Å². The Kier molecular flexibility index (Phi) is 3.68. The summed E-state index contributed by atoms with van der Waals surface area (Å²) in [7, 11) is 0. The lowest BCUT2D eigenvalue weighted by Crippen LogP contribution is -2.41. The van der Waals surface area contributed by atoms with Gasteiger partial charge in [0.05, 0.1) is 0 Å². The van der Waals surface area contributed by atoms with Crippen molar-refractivity contribution in [1.29, 1.82) is 0 Å². The maximum Gasteiger partial charge on any atom is 0.00223 e. The van der Waals surface area contributed by atoms with Crippen LogP contribution in [0.25, 0.3) is 0 Å². The molecule has 0 unspecified atom stereocenters. The molecule has 15 heavy (non-hydrogen) atoms. The lowest BCUT2D eigenvalue weighted by molar-refractivity contribution is 0.103. The van der Waals surface area contributed by atoms with Crippen molar-refractivity contribution in [3.8, 4) is 0 Å². The van der Waals surface area contributed by atoms with Crippen molar-refractivity contribution in [3.63, 3.8) is 0 Å². The van der Waals surface area contributed by atoms with E-state index < -0.39 is 0 Å². The van der Waals surface area contributed by atoms with Crippen molar-refractivity contribution in [2.45, 2.75) is 39.5 Å². The highest BCUT2D eigenvalue weighted by atomic mass is 15.1. The third kappa shape index (κ3) is 2.94. The molecule has 0 aliphatic carbocycles. The van der Waals surface area contributed by atoms with Crippen molar-refractivity contribution in [2.24, 2.45) is 11.3 Å². The summed E-state index contributed by atoms with van der Waals surface area (Å²) in [5.41, 5.74) is 0.643. The SMILES string of the molecule is CCC1(C)CCN(C[C@@H]2CCNC2)CC1. The first-order chi connectivity index (χ1) is 7.22. The highest BCUT2D eigenvalue weighted by molar-refractivity contribution is 4.83. The van der Waals surface area contributed by atoms with Crippen molar-refractivity contribution < 1.29 is 0 Å². The second-order valence-corrected chi connectivity index (χ2v) is 5.82. The van der Waals surface area contributed by atoms with Gasteiger partial charge in [-0.15, -0.1) is 0 Å². The molecule has 2 heterocycles. The highest BCUT2D eigenvalue weighted by Crippen LogP contribution is 2.34. The van der Waals surface area contributed by atoms with Crippen LogP contribution >= 0.6 is 0 Å². The molecule has 2 fully saturated rings. The second kappa shape index (κ2) is 4.84. The summed E-state index contributed by atoms with van der Waals surface area (Å²) in [6.45, 7) is 11.3. The minimum absolute atomic E-state index is 0.643. The number of hydrogen-bond donors (Lipinski definition) is 1. The van der Waals surface area contributed by atoms with Gasteiger partial charge in [0.1, 0.15) is 0 Å². The molecule has 0 radical (unpaired) electrons. The fourth-order valence-corrected chi connectivity index (χ4v) is 2.86. The van der Waals surface area contributed by atoms with E-state index >= 15 is 0 Å². The Bertz CT molecular complexity index is 189. The topological polar surface area (TPSA) is 15.3 Å². The molecule has 2 aliphatic rings. The Morgan fingerprint density at radius 1 is 1.33 bits per heavy atom. The number of hydrogen-bond acceptors (Lipinski definition) is 2. The fourth-order valence-electron chi connectivity index (χ4n) is 2.86. The van der Waals surface area contributed by atoms with Gasteiger partial charge in [0.25, 0.3) is 0 Å². The van der Waals surface area contributed by atoms with Crippen LogP contribution in [0.2, 0.25) is 0 Å². The molecule has 0 aromatic heterocycles.